The lowest BCUT2D eigenvalue weighted by Gasteiger charge is -2.45. The molecule has 162 valence electrons. The fourth-order valence-corrected chi connectivity index (χ4v) is 7.16. The van der Waals surface area contributed by atoms with Gasteiger partial charge in [0.2, 0.25) is 0 Å². The first-order chi connectivity index (χ1) is 14.3. The summed E-state index contributed by atoms with van der Waals surface area (Å²) in [6.07, 6.45) is 13.1. The summed E-state index contributed by atoms with van der Waals surface area (Å²) in [6.45, 7) is 5.06. The number of allylic oxidation sites excluding steroid dienone is 2. The van der Waals surface area contributed by atoms with Crippen LogP contribution >= 0.6 is 0 Å². The van der Waals surface area contributed by atoms with Gasteiger partial charge in [-0.2, -0.15) is 0 Å². The minimum atomic E-state index is -0.223. The van der Waals surface area contributed by atoms with Gasteiger partial charge in [0.05, 0.1) is 13.2 Å². The molecule has 5 aliphatic rings. The van der Waals surface area contributed by atoms with Gasteiger partial charge in [-0.3, -0.25) is 4.90 Å². The van der Waals surface area contributed by atoms with Crippen molar-refractivity contribution < 1.29 is 14.3 Å². The Labute approximate surface area is 175 Å². The van der Waals surface area contributed by atoms with Crippen LogP contribution in [-0.4, -0.2) is 56.5 Å². The zero-order valence-electron chi connectivity index (χ0n) is 17.9. The first-order valence-corrected chi connectivity index (χ1v) is 12.2. The molecule has 4 aliphatic carbocycles. The molecule has 4 fully saturated rings. The SMILES string of the molecule is O=C(NCCN1CCOCC1)OC1CCC2=C3CCC4CCCC4C3CCC2C1. The summed E-state index contributed by atoms with van der Waals surface area (Å²) in [5.41, 5.74) is 3.65. The molecule has 1 N–H and O–H groups in total. The Morgan fingerprint density at radius 1 is 1.03 bits per heavy atom. The second-order valence-electron chi connectivity index (χ2n) is 10.0. The number of fused-ring (bicyclic) bond motifs is 4. The molecule has 5 nitrogen and oxygen atoms in total. The van der Waals surface area contributed by atoms with Gasteiger partial charge in [-0.05, 0) is 75.0 Å². The van der Waals surface area contributed by atoms with E-state index in [9.17, 15) is 4.79 Å². The minimum Gasteiger partial charge on any atom is -0.446 e. The van der Waals surface area contributed by atoms with Crippen LogP contribution < -0.4 is 5.32 Å². The lowest BCUT2D eigenvalue weighted by molar-refractivity contribution is 0.0369. The smallest absolute Gasteiger partial charge is 0.407 e. The third-order valence-corrected chi connectivity index (χ3v) is 8.56. The van der Waals surface area contributed by atoms with Gasteiger partial charge in [0.25, 0.3) is 0 Å². The second kappa shape index (κ2) is 8.97. The Morgan fingerprint density at radius 2 is 1.90 bits per heavy atom. The van der Waals surface area contributed by atoms with Gasteiger partial charge in [-0.15, -0.1) is 0 Å². The molecule has 5 unspecified atom stereocenters. The summed E-state index contributed by atoms with van der Waals surface area (Å²) in [6, 6.07) is 0. The number of carbonyl (C=O) groups excluding carboxylic acids is 1. The van der Waals surface area contributed by atoms with Crippen LogP contribution in [-0.2, 0) is 9.47 Å². The van der Waals surface area contributed by atoms with Crippen LogP contribution in [0.4, 0.5) is 4.79 Å². The van der Waals surface area contributed by atoms with Gasteiger partial charge in [0, 0.05) is 26.2 Å². The molecule has 0 bridgehead atoms. The summed E-state index contributed by atoms with van der Waals surface area (Å²) in [5, 5.41) is 2.96. The Hall–Kier alpha value is -1.07. The molecule has 0 aromatic heterocycles. The Kier molecular flexibility index (Phi) is 6.14. The maximum atomic E-state index is 12.3. The molecule has 3 saturated carbocycles. The van der Waals surface area contributed by atoms with Crippen molar-refractivity contribution in [1.82, 2.24) is 10.2 Å². The summed E-state index contributed by atoms with van der Waals surface area (Å²) < 4.78 is 11.2. The summed E-state index contributed by atoms with van der Waals surface area (Å²) in [5.74, 6) is 3.61. The molecule has 5 heteroatoms. The van der Waals surface area contributed by atoms with Crippen molar-refractivity contribution in [3.05, 3.63) is 11.1 Å². The normalized spacial score (nSPS) is 37.4. The van der Waals surface area contributed by atoms with Crippen molar-refractivity contribution >= 4 is 6.09 Å². The highest BCUT2D eigenvalue weighted by atomic mass is 16.6. The number of nitrogens with zero attached hydrogens (tertiary/aromatic N) is 1. The molecular weight excluding hydrogens is 364 g/mol. The van der Waals surface area contributed by atoms with E-state index in [1.165, 1.54) is 51.4 Å². The number of hydrogen-bond acceptors (Lipinski definition) is 4. The van der Waals surface area contributed by atoms with E-state index in [1.807, 2.05) is 5.57 Å². The summed E-state index contributed by atoms with van der Waals surface area (Å²) >= 11 is 0. The van der Waals surface area contributed by atoms with Crippen LogP contribution in [0.25, 0.3) is 0 Å². The number of morpholine rings is 1. The molecule has 0 radical (unpaired) electrons. The maximum Gasteiger partial charge on any atom is 0.407 e. The maximum absolute atomic E-state index is 12.3. The van der Waals surface area contributed by atoms with Gasteiger partial charge >= 0.3 is 6.09 Å². The van der Waals surface area contributed by atoms with Crippen LogP contribution in [0.1, 0.15) is 64.2 Å². The zero-order chi connectivity index (χ0) is 19.6. The van der Waals surface area contributed by atoms with Crippen LogP contribution in [0.3, 0.4) is 0 Å². The average molecular weight is 403 g/mol. The number of nitrogens with one attached hydrogen (secondary N) is 1. The number of rotatable bonds is 4. The molecule has 1 saturated heterocycles. The summed E-state index contributed by atoms with van der Waals surface area (Å²) in [4.78, 5) is 14.6. The first-order valence-electron chi connectivity index (χ1n) is 12.2. The van der Waals surface area contributed by atoms with Gasteiger partial charge < -0.3 is 14.8 Å². The van der Waals surface area contributed by atoms with E-state index < -0.39 is 0 Å². The van der Waals surface area contributed by atoms with Crippen molar-refractivity contribution in [2.24, 2.45) is 23.7 Å². The average Bonchev–Trinajstić information content (AvgIpc) is 3.23. The molecule has 1 aliphatic heterocycles. The van der Waals surface area contributed by atoms with Crippen molar-refractivity contribution in [1.29, 1.82) is 0 Å². The minimum absolute atomic E-state index is 0.104. The van der Waals surface area contributed by atoms with E-state index in [-0.39, 0.29) is 12.2 Å². The zero-order valence-corrected chi connectivity index (χ0v) is 17.9. The van der Waals surface area contributed by atoms with Crippen LogP contribution in [0.2, 0.25) is 0 Å². The van der Waals surface area contributed by atoms with Crippen LogP contribution in [0.15, 0.2) is 11.1 Å². The van der Waals surface area contributed by atoms with Gasteiger partial charge in [0.15, 0.2) is 0 Å². The molecule has 0 spiro atoms. The van der Waals surface area contributed by atoms with E-state index in [2.05, 4.69) is 10.2 Å². The number of alkyl carbamates (subject to hydrolysis) is 1. The fraction of sp³-hybridized carbons (Fsp3) is 0.875. The highest BCUT2D eigenvalue weighted by Gasteiger charge is 2.44. The Morgan fingerprint density at radius 3 is 2.79 bits per heavy atom. The standard InChI is InChI=1S/C24H38N2O3/c27-24(25-10-11-26-12-14-28-15-13-26)29-19-6-9-21-18(16-19)5-8-22-20-3-1-2-17(20)4-7-23(21)22/h17-20,22H,1-16H2,(H,25,27). The van der Waals surface area contributed by atoms with Gasteiger partial charge in [-0.1, -0.05) is 24.0 Å². The van der Waals surface area contributed by atoms with Crippen molar-refractivity contribution in [3.63, 3.8) is 0 Å². The number of hydrogen-bond donors (Lipinski definition) is 1. The largest absolute Gasteiger partial charge is 0.446 e. The van der Waals surface area contributed by atoms with E-state index in [0.717, 1.165) is 63.4 Å². The van der Waals surface area contributed by atoms with Crippen LogP contribution in [0.5, 0.6) is 0 Å². The topological polar surface area (TPSA) is 50.8 Å². The van der Waals surface area contributed by atoms with E-state index >= 15 is 0 Å². The lowest BCUT2D eigenvalue weighted by Crippen LogP contribution is -2.42. The molecular formula is C24H38N2O3. The molecule has 0 aromatic rings. The van der Waals surface area contributed by atoms with E-state index in [4.69, 9.17) is 9.47 Å². The Bertz CT molecular complexity index is 628. The molecule has 5 rings (SSSR count). The second-order valence-corrected chi connectivity index (χ2v) is 10.0. The van der Waals surface area contributed by atoms with E-state index in [0.29, 0.717) is 12.5 Å². The summed E-state index contributed by atoms with van der Waals surface area (Å²) in [7, 11) is 0. The van der Waals surface area contributed by atoms with Crippen molar-refractivity contribution in [2.75, 3.05) is 39.4 Å². The third kappa shape index (κ3) is 4.36. The van der Waals surface area contributed by atoms with Crippen LogP contribution in [0, 0.1) is 23.7 Å². The van der Waals surface area contributed by atoms with Crippen molar-refractivity contribution in [3.8, 4) is 0 Å². The number of amides is 1. The first kappa shape index (κ1) is 19.9. The highest BCUT2D eigenvalue weighted by Crippen LogP contribution is 2.55. The van der Waals surface area contributed by atoms with Gasteiger partial charge in [-0.25, -0.2) is 4.79 Å². The molecule has 1 heterocycles. The fourth-order valence-electron chi connectivity index (χ4n) is 7.16. The Balaban J connectivity index is 1.10. The highest BCUT2D eigenvalue weighted by molar-refractivity contribution is 5.67. The molecule has 5 atom stereocenters. The lowest BCUT2D eigenvalue weighted by atomic mass is 9.61. The van der Waals surface area contributed by atoms with E-state index in [1.54, 1.807) is 5.57 Å². The molecule has 29 heavy (non-hydrogen) atoms. The number of ether oxygens (including phenoxy) is 2. The molecule has 1 amide bonds. The van der Waals surface area contributed by atoms with Crippen molar-refractivity contribution in [2.45, 2.75) is 70.3 Å². The predicted octanol–water partition coefficient (Wildman–Crippen LogP) is 4.13. The quantitative estimate of drug-likeness (QED) is 0.719. The molecule has 0 aromatic carbocycles. The van der Waals surface area contributed by atoms with Gasteiger partial charge in [0.1, 0.15) is 6.10 Å². The predicted molar refractivity (Wildman–Crippen MR) is 113 cm³/mol. The third-order valence-electron chi connectivity index (χ3n) is 8.56. The monoisotopic (exact) mass is 402 g/mol. The number of carbonyl (C=O) groups is 1.